The molecule has 0 aromatic heterocycles. The number of hydrogen-bond donors (Lipinski definition) is 2. The number of aryl methyl sites for hydroxylation is 1. The molecular weight excluding hydrogens is 314 g/mol. The fourth-order valence-corrected chi connectivity index (χ4v) is 2.37. The van der Waals surface area contributed by atoms with Crippen LogP contribution in [0.5, 0.6) is 0 Å². The van der Waals surface area contributed by atoms with Gasteiger partial charge in [0.05, 0.1) is 18.2 Å². The maximum atomic E-state index is 13.5. The van der Waals surface area contributed by atoms with E-state index >= 15 is 0 Å². The number of carbonyl (C=O) groups excluding carboxylic acids is 2. The molecule has 2 rings (SSSR count). The molecule has 126 valence electrons. The fourth-order valence-electron chi connectivity index (χ4n) is 2.37. The normalized spacial score (nSPS) is 11.7. The molecule has 2 N–H and O–H groups in total. The minimum absolute atomic E-state index is 0.224. The Balaban J connectivity index is 1.91. The second-order valence-electron chi connectivity index (χ2n) is 5.45. The third-order valence-corrected chi connectivity index (χ3v) is 3.62. The predicted octanol–water partition coefficient (Wildman–Crippen LogP) is 2.88. The van der Waals surface area contributed by atoms with E-state index < -0.39 is 23.4 Å². The molecule has 0 radical (unpaired) electrons. The highest BCUT2D eigenvalue weighted by molar-refractivity contribution is 5.96. The van der Waals surface area contributed by atoms with Crippen molar-refractivity contribution in [2.75, 3.05) is 6.54 Å². The molecule has 2 aromatic rings. The molecule has 4 nitrogen and oxygen atoms in total. The van der Waals surface area contributed by atoms with Crippen molar-refractivity contribution in [3.63, 3.8) is 0 Å². The van der Waals surface area contributed by atoms with Gasteiger partial charge in [0.2, 0.25) is 5.91 Å². The second kappa shape index (κ2) is 7.68. The van der Waals surface area contributed by atoms with Crippen LogP contribution >= 0.6 is 0 Å². The molecule has 0 saturated heterocycles. The maximum Gasteiger partial charge on any atom is 0.254 e. The second-order valence-corrected chi connectivity index (χ2v) is 5.45. The highest BCUT2D eigenvalue weighted by Crippen LogP contribution is 2.16. The van der Waals surface area contributed by atoms with Crippen LogP contribution in [0, 0.1) is 18.6 Å². The predicted molar refractivity (Wildman–Crippen MR) is 86.4 cm³/mol. The zero-order valence-corrected chi connectivity index (χ0v) is 13.4. The van der Waals surface area contributed by atoms with Gasteiger partial charge in [-0.05, 0) is 37.1 Å². The Hall–Kier alpha value is -2.76. The molecule has 0 saturated carbocycles. The summed E-state index contributed by atoms with van der Waals surface area (Å²) in [6.07, 6.45) is 0. The van der Waals surface area contributed by atoms with Gasteiger partial charge < -0.3 is 10.6 Å². The molecule has 0 spiro atoms. The van der Waals surface area contributed by atoms with Crippen molar-refractivity contribution in [2.45, 2.75) is 19.9 Å². The van der Waals surface area contributed by atoms with Crippen molar-refractivity contribution < 1.29 is 18.4 Å². The van der Waals surface area contributed by atoms with E-state index in [2.05, 4.69) is 10.6 Å². The maximum absolute atomic E-state index is 13.5. The topological polar surface area (TPSA) is 58.2 Å². The van der Waals surface area contributed by atoms with Gasteiger partial charge in [0.25, 0.3) is 5.91 Å². The van der Waals surface area contributed by atoms with Crippen LogP contribution in [0.15, 0.2) is 42.5 Å². The minimum Gasteiger partial charge on any atom is -0.348 e. The summed E-state index contributed by atoms with van der Waals surface area (Å²) in [5.74, 6) is -2.91. The summed E-state index contributed by atoms with van der Waals surface area (Å²) in [5.41, 5.74) is 1.71. The highest BCUT2D eigenvalue weighted by atomic mass is 19.1. The van der Waals surface area contributed by atoms with Crippen LogP contribution in [0.4, 0.5) is 8.78 Å². The van der Waals surface area contributed by atoms with Gasteiger partial charge in [0.15, 0.2) is 0 Å². The van der Waals surface area contributed by atoms with E-state index in [0.717, 1.165) is 23.3 Å². The Kier molecular flexibility index (Phi) is 5.63. The molecule has 24 heavy (non-hydrogen) atoms. The van der Waals surface area contributed by atoms with E-state index in [1.54, 1.807) is 0 Å². The lowest BCUT2D eigenvalue weighted by Gasteiger charge is -2.16. The Bertz CT molecular complexity index is 762. The Morgan fingerprint density at radius 1 is 1.12 bits per heavy atom. The monoisotopic (exact) mass is 332 g/mol. The van der Waals surface area contributed by atoms with Crippen molar-refractivity contribution in [3.8, 4) is 0 Å². The highest BCUT2D eigenvalue weighted by Gasteiger charge is 2.15. The average Bonchev–Trinajstić information content (AvgIpc) is 2.53. The fraction of sp³-hybridized carbons (Fsp3) is 0.222. The van der Waals surface area contributed by atoms with Crippen LogP contribution in [0.1, 0.15) is 34.5 Å². The molecule has 2 amide bonds. The molecule has 1 unspecified atom stereocenters. The van der Waals surface area contributed by atoms with Gasteiger partial charge in [-0.1, -0.05) is 24.3 Å². The molecule has 0 heterocycles. The van der Waals surface area contributed by atoms with Gasteiger partial charge >= 0.3 is 0 Å². The van der Waals surface area contributed by atoms with Crippen LogP contribution < -0.4 is 10.6 Å². The summed E-state index contributed by atoms with van der Waals surface area (Å²) in [6.45, 7) is 3.48. The first-order valence-corrected chi connectivity index (χ1v) is 7.46. The molecule has 0 aliphatic rings. The molecule has 6 heteroatoms. The first-order valence-electron chi connectivity index (χ1n) is 7.46. The quantitative estimate of drug-likeness (QED) is 0.884. The molecule has 1 atom stereocenters. The number of amides is 2. The van der Waals surface area contributed by atoms with Crippen LogP contribution in [-0.2, 0) is 4.79 Å². The van der Waals surface area contributed by atoms with Gasteiger partial charge in [0.1, 0.15) is 11.6 Å². The van der Waals surface area contributed by atoms with Crippen molar-refractivity contribution in [1.82, 2.24) is 10.6 Å². The van der Waals surface area contributed by atoms with Crippen molar-refractivity contribution in [3.05, 3.63) is 70.8 Å². The Labute approximate surface area is 138 Å². The third-order valence-electron chi connectivity index (χ3n) is 3.62. The lowest BCUT2D eigenvalue weighted by atomic mass is 10.0. The lowest BCUT2D eigenvalue weighted by Crippen LogP contribution is -2.38. The first kappa shape index (κ1) is 17.6. The smallest absolute Gasteiger partial charge is 0.254 e. The van der Waals surface area contributed by atoms with E-state index in [-0.39, 0.29) is 18.2 Å². The van der Waals surface area contributed by atoms with E-state index in [1.807, 2.05) is 38.1 Å². The van der Waals surface area contributed by atoms with Crippen LogP contribution in [0.25, 0.3) is 0 Å². The average molecular weight is 332 g/mol. The largest absolute Gasteiger partial charge is 0.348 e. The van der Waals surface area contributed by atoms with Crippen molar-refractivity contribution in [1.29, 1.82) is 0 Å². The van der Waals surface area contributed by atoms with Crippen molar-refractivity contribution in [2.24, 2.45) is 0 Å². The molecule has 0 aliphatic heterocycles. The van der Waals surface area contributed by atoms with Gasteiger partial charge in [-0.25, -0.2) is 8.78 Å². The number of carbonyl (C=O) groups is 2. The molecule has 0 bridgehead atoms. The van der Waals surface area contributed by atoms with E-state index in [0.29, 0.717) is 6.07 Å². The Morgan fingerprint density at radius 2 is 1.83 bits per heavy atom. The number of halogens is 2. The number of nitrogens with one attached hydrogen (secondary N) is 2. The zero-order valence-electron chi connectivity index (χ0n) is 13.4. The third kappa shape index (κ3) is 4.38. The van der Waals surface area contributed by atoms with Gasteiger partial charge in [-0.15, -0.1) is 0 Å². The molecule has 2 aromatic carbocycles. The number of hydrogen-bond acceptors (Lipinski definition) is 2. The van der Waals surface area contributed by atoms with Crippen molar-refractivity contribution >= 4 is 11.8 Å². The number of rotatable bonds is 5. The zero-order chi connectivity index (χ0) is 17.7. The summed E-state index contributed by atoms with van der Waals surface area (Å²) in [7, 11) is 0. The van der Waals surface area contributed by atoms with Crippen LogP contribution in [0.2, 0.25) is 0 Å². The summed E-state index contributed by atoms with van der Waals surface area (Å²) < 4.78 is 26.3. The Morgan fingerprint density at radius 3 is 2.50 bits per heavy atom. The molecular formula is C18H18F2N2O2. The molecule has 0 fully saturated rings. The van der Waals surface area contributed by atoms with E-state index in [1.165, 1.54) is 0 Å². The van der Waals surface area contributed by atoms with Gasteiger partial charge in [0, 0.05) is 6.07 Å². The van der Waals surface area contributed by atoms with E-state index in [9.17, 15) is 18.4 Å². The van der Waals surface area contributed by atoms with Gasteiger partial charge in [-0.2, -0.15) is 0 Å². The first-order chi connectivity index (χ1) is 11.4. The lowest BCUT2D eigenvalue weighted by molar-refractivity contribution is -0.120. The summed E-state index contributed by atoms with van der Waals surface area (Å²) in [5, 5.41) is 5.08. The SMILES string of the molecule is Cc1ccccc1C(C)NC(=O)CNC(=O)c1ccc(F)cc1F. The summed E-state index contributed by atoms with van der Waals surface area (Å²) in [4.78, 5) is 23.8. The van der Waals surface area contributed by atoms with Gasteiger partial charge in [-0.3, -0.25) is 9.59 Å². The molecule has 0 aliphatic carbocycles. The summed E-state index contributed by atoms with van der Waals surface area (Å²) >= 11 is 0. The van der Waals surface area contributed by atoms with Crippen LogP contribution in [0.3, 0.4) is 0 Å². The standard InChI is InChI=1S/C18H18F2N2O2/c1-11-5-3-4-6-14(11)12(2)22-17(23)10-21-18(24)15-8-7-13(19)9-16(15)20/h3-9,12H,10H2,1-2H3,(H,21,24)(H,22,23). The number of benzene rings is 2. The van der Waals surface area contributed by atoms with Crippen LogP contribution in [-0.4, -0.2) is 18.4 Å². The van der Waals surface area contributed by atoms with E-state index in [4.69, 9.17) is 0 Å². The minimum atomic E-state index is -0.971. The summed E-state index contributed by atoms with van der Waals surface area (Å²) in [6, 6.07) is 10.1.